The van der Waals surface area contributed by atoms with Crippen LogP contribution in [0.4, 0.5) is 4.39 Å². The molecule has 0 saturated heterocycles. The molecule has 0 saturated carbocycles. The molecule has 0 bridgehead atoms. The highest BCUT2D eigenvalue weighted by atomic mass is 32.2. The molecule has 0 amide bonds. The van der Waals surface area contributed by atoms with Crippen molar-refractivity contribution in [2.24, 2.45) is 0 Å². The molecule has 0 aliphatic rings. The average Bonchev–Trinajstić information content (AvgIpc) is 1.95. The van der Waals surface area contributed by atoms with Crippen LogP contribution in [0.3, 0.4) is 0 Å². The molecule has 0 radical (unpaired) electrons. The largest absolute Gasteiger partial charge is 0.385 e. The Balaban J connectivity index is 2.90. The summed E-state index contributed by atoms with van der Waals surface area (Å²) in [5.41, 5.74) is 0.865. The lowest BCUT2D eigenvalue weighted by Gasteiger charge is -2.01. The van der Waals surface area contributed by atoms with Crippen LogP contribution in [0.5, 0.6) is 0 Å². The minimum Gasteiger partial charge on any atom is -0.385 e. The molecule has 0 fully saturated rings. The SMILES string of the molecule is Cc1cc(F)ccc1SCO. The van der Waals surface area contributed by atoms with Gasteiger partial charge in [0.2, 0.25) is 0 Å². The van der Waals surface area contributed by atoms with Gasteiger partial charge in [-0.05, 0) is 30.7 Å². The predicted molar refractivity (Wildman–Crippen MR) is 44.1 cm³/mol. The number of aliphatic hydroxyl groups excluding tert-OH is 1. The predicted octanol–water partition coefficient (Wildman–Crippen LogP) is 2.18. The molecule has 0 heterocycles. The molecule has 11 heavy (non-hydrogen) atoms. The van der Waals surface area contributed by atoms with Crippen molar-refractivity contribution < 1.29 is 9.50 Å². The molecular formula is C8H9FOS. The molecule has 1 rings (SSSR count). The minimum absolute atomic E-state index is 0.0342. The summed E-state index contributed by atoms with van der Waals surface area (Å²) in [4.78, 5) is 0.925. The van der Waals surface area contributed by atoms with Gasteiger partial charge < -0.3 is 5.11 Å². The molecule has 0 atom stereocenters. The first-order valence-electron chi connectivity index (χ1n) is 3.24. The van der Waals surface area contributed by atoms with Crippen LogP contribution in [0, 0.1) is 12.7 Å². The van der Waals surface area contributed by atoms with Crippen LogP contribution in [0.1, 0.15) is 5.56 Å². The fourth-order valence-corrected chi connectivity index (χ4v) is 1.43. The first kappa shape index (κ1) is 8.56. The van der Waals surface area contributed by atoms with E-state index in [4.69, 9.17) is 5.11 Å². The smallest absolute Gasteiger partial charge is 0.123 e. The Morgan fingerprint density at radius 2 is 2.27 bits per heavy atom. The second-order valence-electron chi connectivity index (χ2n) is 2.18. The van der Waals surface area contributed by atoms with E-state index in [0.29, 0.717) is 0 Å². The first-order chi connectivity index (χ1) is 5.24. The number of hydrogen-bond donors (Lipinski definition) is 1. The van der Waals surface area contributed by atoms with Crippen molar-refractivity contribution in [3.05, 3.63) is 29.6 Å². The third-order valence-electron chi connectivity index (χ3n) is 1.36. The van der Waals surface area contributed by atoms with Crippen LogP contribution >= 0.6 is 11.8 Å². The summed E-state index contributed by atoms with van der Waals surface area (Å²) in [7, 11) is 0. The Labute approximate surface area is 69.2 Å². The Hall–Kier alpha value is -0.540. The van der Waals surface area contributed by atoms with E-state index < -0.39 is 0 Å². The number of hydrogen-bond acceptors (Lipinski definition) is 2. The standard InChI is InChI=1S/C8H9FOS/c1-6-4-7(9)2-3-8(6)11-5-10/h2-4,10H,5H2,1H3. The summed E-state index contributed by atoms with van der Waals surface area (Å²) in [6.07, 6.45) is 0. The maximum atomic E-state index is 12.5. The summed E-state index contributed by atoms with van der Waals surface area (Å²) < 4.78 is 12.5. The lowest BCUT2D eigenvalue weighted by Crippen LogP contribution is -1.83. The maximum Gasteiger partial charge on any atom is 0.123 e. The number of aliphatic hydroxyl groups is 1. The van der Waals surface area contributed by atoms with E-state index in [1.54, 1.807) is 6.07 Å². The zero-order valence-electron chi connectivity index (χ0n) is 6.17. The molecule has 0 spiro atoms. The molecule has 1 N–H and O–H groups in total. The summed E-state index contributed by atoms with van der Waals surface area (Å²) >= 11 is 1.30. The van der Waals surface area contributed by atoms with Gasteiger partial charge in [0, 0.05) is 4.90 Å². The van der Waals surface area contributed by atoms with Crippen molar-refractivity contribution in [2.75, 3.05) is 5.94 Å². The van der Waals surface area contributed by atoms with Gasteiger partial charge in [-0.15, -0.1) is 0 Å². The summed E-state index contributed by atoms with van der Waals surface area (Å²) in [5.74, 6) is -0.197. The number of rotatable bonds is 2. The normalized spacial score (nSPS) is 10.1. The van der Waals surface area contributed by atoms with E-state index >= 15 is 0 Å². The highest BCUT2D eigenvalue weighted by Crippen LogP contribution is 2.21. The quantitative estimate of drug-likeness (QED) is 0.545. The molecule has 1 aromatic rings. The fourth-order valence-electron chi connectivity index (χ4n) is 0.844. The third kappa shape index (κ3) is 2.20. The van der Waals surface area contributed by atoms with E-state index in [2.05, 4.69) is 0 Å². The van der Waals surface area contributed by atoms with E-state index in [0.717, 1.165) is 10.5 Å². The van der Waals surface area contributed by atoms with E-state index in [9.17, 15) is 4.39 Å². The number of halogens is 1. The third-order valence-corrected chi connectivity index (χ3v) is 2.26. The molecule has 0 unspecified atom stereocenters. The second kappa shape index (κ2) is 3.74. The van der Waals surface area contributed by atoms with E-state index in [1.165, 1.54) is 23.9 Å². The Bertz CT molecular complexity index is 250. The van der Waals surface area contributed by atoms with Gasteiger partial charge >= 0.3 is 0 Å². The van der Waals surface area contributed by atoms with Crippen molar-refractivity contribution >= 4 is 11.8 Å². The number of aryl methyl sites for hydroxylation is 1. The van der Waals surface area contributed by atoms with Crippen molar-refractivity contribution in [3.8, 4) is 0 Å². The summed E-state index contributed by atoms with van der Waals surface area (Å²) in [6.45, 7) is 1.82. The van der Waals surface area contributed by atoms with Gasteiger partial charge in [-0.2, -0.15) is 0 Å². The van der Waals surface area contributed by atoms with Crippen LogP contribution in [0.2, 0.25) is 0 Å². The van der Waals surface area contributed by atoms with Gasteiger partial charge in [-0.1, -0.05) is 11.8 Å². The molecule has 0 aromatic heterocycles. The molecule has 1 nitrogen and oxygen atoms in total. The van der Waals surface area contributed by atoms with Crippen molar-refractivity contribution in [1.82, 2.24) is 0 Å². The molecule has 3 heteroatoms. The van der Waals surface area contributed by atoms with Crippen LogP contribution in [-0.4, -0.2) is 11.0 Å². The lowest BCUT2D eigenvalue weighted by molar-refractivity contribution is 0.375. The molecule has 60 valence electrons. The molecule has 0 aliphatic carbocycles. The molecule has 0 aliphatic heterocycles. The van der Waals surface area contributed by atoms with Crippen molar-refractivity contribution in [3.63, 3.8) is 0 Å². The van der Waals surface area contributed by atoms with Crippen molar-refractivity contribution in [2.45, 2.75) is 11.8 Å². The first-order valence-corrected chi connectivity index (χ1v) is 4.22. The maximum absolute atomic E-state index is 12.5. The summed E-state index contributed by atoms with van der Waals surface area (Å²) in [6, 6.07) is 4.52. The van der Waals surface area contributed by atoms with Crippen molar-refractivity contribution in [1.29, 1.82) is 0 Å². The summed E-state index contributed by atoms with van der Waals surface area (Å²) in [5, 5.41) is 8.58. The monoisotopic (exact) mass is 172 g/mol. The van der Waals surface area contributed by atoms with Gasteiger partial charge in [-0.3, -0.25) is 0 Å². The lowest BCUT2D eigenvalue weighted by atomic mass is 10.2. The minimum atomic E-state index is -0.232. The van der Waals surface area contributed by atoms with E-state index in [1.807, 2.05) is 6.92 Å². The fraction of sp³-hybridized carbons (Fsp3) is 0.250. The van der Waals surface area contributed by atoms with Gasteiger partial charge in [-0.25, -0.2) is 4.39 Å². The molecular weight excluding hydrogens is 163 g/mol. The van der Waals surface area contributed by atoms with E-state index in [-0.39, 0.29) is 11.8 Å². The Kier molecular flexibility index (Phi) is 2.91. The van der Waals surface area contributed by atoms with Gasteiger partial charge in [0.05, 0.1) is 5.94 Å². The van der Waals surface area contributed by atoms with Crippen LogP contribution in [0.25, 0.3) is 0 Å². The highest BCUT2D eigenvalue weighted by molar-refractivity contribution is 7.99. The Morgan fingerprint density at radius 1 is 1.55 bits per heavy atom. The Morgan fingerprint density at radius 3 is 2.82 bits per heavy atom. The second-order valence-corrected chi connectivity index (χ2v) is 3.17. The van der Waals surface area contributed by atoms with Gasteiger partial charge in [0.25, 0.3) is 0 Å². The van der Waals surface area contributed by atoms with Gasteiger partial charge in [0.15, 0.2) is 0 Å². The topological polar surface area (TPSA) is 20.2 Å². The van der Waals surface area contributed by atoms with Crippen LogP contribution in [0.15, 0.2) is 23.1 Å². The number of thioether (sulfide) groups is 1. The number of benzene rings is 1. The zero-order chi connectivity index (χ0) is 8.27. The zero-order valence-corrected chi connectivity index (χ0v) is 6.99. The van der Waals surface area contributed by atoms with Gasteiger partial charge in [0.1, 0.15) is 5.82 Å². The molecule has 1 aromatic carbocycles. The highest BCUT2D eigenvalue weighted by Gasteiger charge is 1.98. The van der Waals surface area contributed by atoms with Crippen LogP contribution in [-0.2, 0) is 0 Å². The average molecular weight is 172 g/mol. The van der Waals surface area contributed by atoms with Crippen LogP contribution < -0.4 is 0 Å².